The smallest absolute Gasteiger partial charge is 0.0704 e. The lowest BCUT2D eigenvalue weighted by atomic mass is 9.97. The number of hydrogen-bond donors (Lipinski definition) is 0. The van der Waals surface area contributed by atoms with E-state index >= 15 is 0 Å². The fraction of sp³-hybridized carbons (Fsp3) is 0.100. The SMILES string of the molecule is Cc1ccc(C)c(-c2cc(C=Cc3ccc(Br)s3)ccc2Br)c1. The quantitative estimate of drug-likeness (QED) is 0.385. The highest BCUT2D eigenvalue weighted by molar-refractivity contribution is 9.11. The van der Waals surface area contributed by atoms with Crippen molar-refractivity contribution >= 4 is 55.3 Å². The minimum absolute atomic E-state index is 1.13. The van der Waals surface area contributed by atoms with Gasteiger partial charge in [0.05, 0.1) is 3.79 Å². The van der Waals surface area contributed by atoms with Crippen LogP contribution in [-0.4, -0.2) is 0 Å². The third-order valence-electron chi connectivity index (χ3n) is 3.71. The maximum atomic E-state index is 3.70. The topological polar surface area (TPSA) is 0 Å². The third-order valence-corrected chi connectivity index (χ3v) is 5.99. The van der Waals surface area contributed by atoms with E-state index in [1.54, 1.807) is 11.3 Å². The number of rotatable bonds is 3. The molecule has 23 heavy (non-hydrogen) atoms. The molecule has 0 amide bonds. The van der Waals surface area contributed by atoms with Gasteiger partial charge in [0.2, 0.25) is 0 Å². The van der Waals surface area contributed by atoms with Gasteiger partial charge in [0, 0.05) is 9.35 Å². The Kier molecular flexibility index (Phi) is 5.20. The van der Waals surface area contributed by atoms with Crippen LogP contribution in [-0.2, 0) is 0 Å². The van der Waals surface area contributed by atoms with Crippen molar-refractivity contribution in [3.05, 3.63) is 78.4 Å². The highest BCUT2D eigenvalue weighted by Crippen LogP contribution is 2.33. The summed E-state index contributed by atoms with van der Waals surface area (Å²) < 4.78 is 2.28. The first-order valence-electron chi connectivity index (χ1n) is 7.33. The zero-order chi connectivity index (χ0) is 16.4. The molecule has 0 aliphatic rings. The lowest BCUT2D eigenvalue weighted by Gasteiger charge is -2.10. The molecular formula is C20H16Br2S. The Morgan fingerprint density at radius 3 is 2.39 bits per heavy atom. The van der Waals surface area contributed by atoms with Crippen LogP contribution >= 0.6 is 43.2 Å². The Labute approximate surface area is 158 Å². The van der Waals surface area contributed by atoms with Gasteiger partial charge in [0.15, 0.2) is 0 Å². The molecule has 0 bridgehead atoms. The summed E-state index contributed by atoms with van der Waals surface area (Å²) in [6.07, 6.45) is 4.32. The van der Waals surface area contributed by atoms with Crippen molar-refractivity contribution in [2.75, 3.05) is 0 Å². The molecule has 0 spiro atoms. The van der Waals surface area contributed by atoms with Gasteiger partial charge in [-0.25, -0.2) is 0 Å². The van der Waals surface area contributed by atoms with Gasteiger partial charge in [0.25, 0.3) is 0 Å². The Hall–Kier alpha value is -1.16. The molecule has 0 radical (unpaired) electrons. The van der Waals surface area contributed by atoms with Crippen LogP contribution in [0.2, 0.25) is 0 Å². The number of hydrogen-bond acceptors (Lipinski definition) is 1. The van der Waals surface area contributed by atoms with Gasteiger partial charge < -0.3 is 0 Å². The highest BCUT2D eigenvalue weighted by Gasteiger charge is 2.07. The van der Waals surface area contributed by atoms with E-state index in [4.69, 9.17) is 0 Å². The predicted molar refractivity (Wildman–Crippen MR) is 110 cm³/mol. The molecule has 116 valence electrons. The number of aryl methyl sites for hydroxylation is 2. The van der Waals surface area contributed by atoms with Crippen LogP contribution in [0.15, 0.2) is 56.8 Å². The molecule has 3 heteroatoms. The molecule has 0 aliphatic heterocycles. The molecule has 3 rings (SSSR count). The highest BCUT2D eigenvalue weighted by atomic mass is 79.9. The summed E-state index contributed by atoms with van der Waals surface area (Å²) in [7, 11) is 0. The van der Waals surface area contributed by atoms with Crippen molar-refractivity contribution in [1.29, 1.82) is 0 Å². The molecule has 0 unspecified atom stereocenters. The summed E-state index contributed by atoms with van der Waals surface area (Å²) in [5.74, 6) is 0. The Morgan fingerprint density at radius 2 is 1.65 bits per heavy atom. The van der Waals surface area contributed by atoms with Crippen LogP contribution in [0.3, 0.4) is 0 Å². The van der Waals surface area contributed by atoms with E-state index in [2.05, 4.69) is 106 Å². The first kappa shape index (κ1) is 16.7. The van der Waals surface area contributed by atoms with Crippen molar-refractivity contribution in [2.45, 2.75) is 13.8 Å². The van der Waals surface area contributed by atoms with E-state index < -0.39 is 0 Å². The van der Waals surface area contributed by atoms with Crippen molar-refractivity contribution in [3.63, 3.8) is 0 Å². The average molecular weight is 448 g/mol. The molecule has 1 aromatic heterocycles. The molecule has 0 aliphatic carbocycles. The number of thiophene rings is 1. The van der Waals surface area contributed by atoms with E-state index in [0.717, 1.165) is 8.26 Å². The summed E-state index contributed by atoms with van der Waals surface area (Å²) in [6, 6.07) is 17.3. The monoisotopic (exact) mass is 446 g/mol. The third kappa shape index (κ3) is 4.03. The fourth-order valence-corrected chi connectivity index (χ4v) is 4.26. The van der Waals surface area contributed by atoms with Crippen molar-refractivity contribution in [3.8, 4) is 11.1 Å². The molecule has 0 fully saturated rings. The molecule has 0 nitrogen and oxygen atoms in total. The summed E-state index contributed by atoms with van der Waals surface area (Å²) in [4.78, 5) is 1.24. The second-order valence-corrected chi connectivity index (χ2v) is 8.88. The second kappa shape index (κ2) is 7.16. The lowest BCUT2D eigenvalue weighted by molar-refractivity contribution is 1.39. The summed E-state index contributed by atoms with van der Waals surface area (Å²) in [6.45, 7) is 4.29. The van der Waals surface area contributed by atoms with Crippen molar-refractivity contribution in [1.82, 2.24) is 0 Å². The summed E-state index contributed by atoms with van der Waals surface area (Å²) in [5, 5.41) is 0. The summed E-state index contributed by atoms with van der Waals surface area (Å²) in [5.41, 5.74) is 6.29. The van der Waals surface area contributed by atoms with Gasteiger partial charge in [0.1, 0.15) is 0 Å². The van der Waals surface area contributed by atoms with Crippen LogP contribution in [0.5, 0.6) is 0 Å². The molecule has 0 atom stereocenters. The van der Waals surface area contributed by atoms with Crippen molar-refractivity contribution in [2.24, 2.45) is 0 Å². The molecule has 0 saturated carbocycles. The molecular weight excluding hydrogens is 432 g/mol. The van der Waals surface area contributed by atoms with Crippen LogP contribution < -0.4 is 0 Å². The molecule has 0 saturated heterocycles. The molecule has 3 aromatic rings. The zero-order valence-corrected chi connectivity index (χ0v) is 16.9. The van der Waals surface area contributed by atoms with Crippen LogP contribution in [0, 0.1) is 13.8 Å². The van der Waals surface area contributed by atoms with Crippen LogP contribution in [0.25, 0.3) is 23.3 Å². The van der Waals surface area contributed by atoms with Gasteiger partial charge in [-0.1, -0.05) is 51.8 Å². The number of halogens is 2. The lowest BCUT2D eigenvalue weighted by Crippen LogP contribution is -1.87. The molecule has 2 aromatic carbocycles. The molecule has 1 heterocycles. The Bertz CT molecular complexity index is 875. The fourth-order valence-electron chi connectivity index (χ4n) is 2.48. The standard InChI is InChI=1S/C20H16Br2S/c1-13-3-4-14(2)17(11-13)18-12-15(6-9-19(18)21)5-7-16-8-10-20(22)23-16/h3-12H,1-2H3. The largest absolute Gasteiger partial charge is 0.129 e. The van der Waals surface area contributed by atoms with Gasteiger partial charge in [-0.3, -0.25) is 0 Å². The van der Waals surface area contributed by atoms with Crippen LogP contribution in [0.4, 0.5) is 0 Å². The van der Waals surface area contributed by atoms with E-state index in [9.17, 15) is 0 Å². The first-order chi connectivity index (χ1) is 11.0. The van der Waals surface area contributed by atoms with E-state index in [1.165, 1.54) is 32.7 Å². The Morgan fingerprint density at radius 1 is 0.826 bits per heavy atom. The van der Waals surface area contributed by atoms with E-state index in [-0.39, 0.29) is 0 Å². The van der Waals surface area contributed by atoms with Crippen molar-refractivity contribution < 1.29 is 0 Å². The normalized spacial score (nSPS) is 11.3. The minimum Gasteiger partial charge on any atom is -0.129 e. The second-order valence-electron chi connectivity index (χ2n) is 5.53. The maximum Gasteiger partial charge on any atom is 0.0704 e. The van der Waals surface area contributed by atoms with Gasteiger partial charge >= 0.3 is 0 Å². The average Bonchev–Trinajstić information content (AvgIpc) is 2.95. The van der Waals surface area contributed by atoms with E-state index in [0.29, 0.717) is 0 Å². The van der Waals surface area contributed by atoms with Gasteiger partial charge in [-0.05, 0) is 82.4 Å². The zero-order valence-electron chi connectivity index (χ0n) is 12.9. The minimum atomic E-state index is 1.13. The van der Waals surface area contributed by atoms with E-state index in [1.807, 2.05) is 0 Å². The Balaban J connectivity index is 1.99. The van der Waals surface area contributed by atoms with Gasteiger partial charge in [-0.15, -0.1) is 11.3 Å². The van der Waals surface area contributed by atoms with Crippen LogP contribution in [0.1, 0.15) is 21.6 Å². The number of benzene rings is 2. The first-order valence-corrected chi connectivity index (χ1v) is 9.74. The predicted octanol–water partition coefficient (Wildman–Crippen LogP) is 7.73. The maximum absolute atomic E-state index is 3.70. The van der Waals surface area contributed by atoms with Gasteiger partial charge in [-0.2, -0.15) is 0 Å². The summed E-state index contributed by atoms with van der Waals surface area (Å²) >= 11 is 8.94. The molecule has 0 N–H and O–H groups in total.